The van der Waals surface area contributed by atoms with Gasteiger partial charge in [0.15, 0.2) is 0 Å². The quantitative estimate of drug-likeness (QED) is 0.186. The number of anilines is 3. The molecule has 0 bridgehead atoms. The van der Waals surface area contributed by atoms with Crippen LogP contribution >= 0.6 is 0 Å². The molecule has 1 heterocycles. The molecule has 282 valence electrons. The maximum absolute atomic E-state index is 3.75. The van der Waals surface area contributed by atoms with Crippen LogP contribution in [0.3, 0.4) is 0 Å². The summed E-state index contributed by atoms with van der Waals surface area (Å²) in [6.45, 7) is 13.4. The Balaban J connectivity index is 0.00000201. The van der Waals surface area contributed by atoms with Crippen molar-refractivity contribution in [3.8, 4) is 44.5 Å². The van der Waals surface area contributed by atoms with Crippen LogP contribution in [0.4, 0.5) is 17.1 Å². The molecule has 0 atom stereocenters. The molecule has 9 aromatic rings. The van der Waals surface area contributed by atoms with Gasteiger partial charge in [-0.05, 0) is 121 Å². The monoisotopic (exact) mass is 748 g/mol. The van der Waals surface area contributed by atoms with E-state index in [1.165, 1.54) is 94.3 Å². The van der Waals surface area contributed by atoms with Crippen molar-refractivity contribution >= 4 is 38.9 Å². The van der Waals surface area contributed by atoms with E-state index in [0.29, 0.717) is 0 Å². The third kappa shape index (κ3) is 5.39. The summed E-state index contributed by atoms with van der Waals surface area (Å²) in [5, 5.41) is 2.53. The summed E-state index contributed by atoms with van der Waals surface area (Å²) in [4.78, 5) is 6.20. The van der Waals surface area contributed by atoms with Crippen LogP contribution in [0.2, 0.25) is 0 Å². The SMILES string of the molecule is CC.CC1(C)c2ccccc2-c2cc3c(cc21)[nH]c1ccc(-c2ccc(N(c4ccc(-c5ccccc5)cc4)c4cccc5c4C(C)(C)c4ccccc4-5)cc2)cc13. The van der Waals surface area contributed by atoms with Gasteiger partial charge < -0.3 is 9.88 Å². The van der Waals surface area contributed by atoms with Gasteiger partial charge in [-0.2, -0.15) is 0 Å². The van der Waals surface area contributed by atoms with Crippen LogP contribution in [0.15, 0.2) is 176 Å². The zero-order valence-corrected chi connectivity index (χ0v) is 34.2. The van der Waals surface area contributed by atoms with Gasteiger partial charge in [0.2, 0.25) is 0 Å². The lowest BCUT2D eigenvalue weighted by Crippen LogP contribution is -2.20. The second kappa shape index (κ2) is 13.5. The zero-order valence-electron chi connectivity index (χ0n) is 34.2. The van der Waals surface area contributed by atoms with Crippen molar-refractivity contribution in [3.63, 3.8) is 0 Å². The highest BCUT2D eigenvalue weighted by atomic mass is 15.1. The Hall–Kier alpha value is -6.64. The second-order valence-electron chi connectivity index (χ2n) is 16.7. The van der Waals surface area contributed by atoms with Crippen molar-refractivity contribution in [2.45, 2.75) is 52.4 Å². The molecule has 58 heavy (non-hydrogen) atoms. The van der Waals surface area contributed by atoms with Crippen molar-refractivity contribution in [1.29, 1.82) is 0 Å². The molecule has 1 aromatic heterocycles. The molecule has 0 spiro atoms. The predicted molar refractivity (Wildman–Crippen MR) is 248 cm³/mol. The van der Waals surface area contributed by atoms with Crippen LogP contribution in [0.5, 0.6) is 0 Å². The van der Waals surface area contributed by atoms with E-state index in [2.05, 4.69) is 214 Å². The zero-order chi connectivity index (χ0) is 39.8. The van der Waals surface area contributed by atoms with Crippen molar-refractivity contribution < 1.29 is 0 Å². The number of nitrogens with one attached hydrogen (secondary N) is 1. The van der Waals surface area contributed by atoms with E-state index in [0.717, 1.165) is 11.4 Å². The number of nitrogens with zero attached hydrogens (tertiary/aromatic N) is 1. The molecule has 11 rings (SSSR count). The minimum absolute atomic E-state index is 0.0261. The molecule has 2 heteroatoms. The molecule has 0 radical (unpaired) electrons. The number of fused-ring (bicyclic) bond motifs is 9. The van der Waals surface area contributed by atoms with Gasteiger partial charge in [-0.25, -0.2) is 0 Å². The van der Waals surface area contributed by atoms with Crippen LogP contribution in [-0.2, 0) is 10.8 Å². The minimum atomic E-state index is -0.155. The third-order valence-electron chi connectivity index (χ3n) is 12.8. The van der Waals surface area contributed by atoms with Crippen LogP contribution in [0, 0.1) is 0 Å². The first-order valence-corrected chi connectivity index (χ1v) is 20.8. The first kappa shape index (κ1) is 35.8. The average Bonchev–Trinajstić information content (AvgIpc) is 3.83. The number of benzene rings is 8. The number of rotatable bonds is 5. The summed E-state index contributed by atoms with van der Waals surface area (Å²) in [5.41, 5.74) is 21.4. The van der Waals surface area contributed by atoms with Crippen molar-refractivity contribution in [2.75, 3.05) is 4.90 Å². The third-order valence-corrected chi connectivity index (χ3v) is 12.8. The highest BCUT2D eigenvalue weighted by molar-refractivity contribution is 6.11. The highest BCUT2D eigenvalue weighted by Crippen LogP contribution is 2.54. The molecule has 2 aliphatic rings. The molecule has 0 aliphatic heterocycles. The van der Waals surface area contributed by atoms with Crippen LogP contribution < -0.4 is 4.90 Å². The van der Waals surface area contributed by atoms with Gasteiger partial charge in [0.1, 0.15) is 0 Å². The minimum Gasteiger partial charge on any atom is -0.355 e. The van der Waals surface area contributed by atoms with Gasteiger partial charge in [-0.3, -0.25) is 0 Å². The fourth-order valence-corrected chi connectivity index (χ4v) is 9.94. The Morgan fingerprint density at radius 1 is 0.379 bits per heavy atom. The van der Waals surface area contributed by atoms with Crippen molar-refractivity contribution in [2.24, 2.45) is 0 Å². The molecule has 2 aliphatic carbocycles. The average molecular weight is 749 g/mol. The Labute approximate surface area is 342 Å². The van der Waals surface area contributed by atoms with E-state index in [4.69, 9.17) is 0 Å². The van der Waals surface area contributed by atoms with E-state index >= 15 is 0 Å². The maximum atomic E-state index is 3.75. The van der Waals surface area contributed by atoms with Crippen molar-refractivity contribution in [1.82, 2.24) is 4.98 Å². The predicted octanol–water partition coefficient (Wildman–Crippen LogP) is 15.8. The lowest BCUT2D eigenvalue weighted by Gasteiger charge is -2.32. The van der Waals surface area contributed by atoms with Gasteiger partial charge in [0.25, 0.3) is 0 Å². The molecule has 0 saturated heterocycles. The lowest BCUT2D eigenvalue weighted by molar-refractivity contribution is 0.660. The smallest absolute Gasteiger partial charge is 0.0508 e. The summed E-state index contributed by atoms with van der Waals surface area (Å²) < 4.78 is 0. The summed E-state index contributed by atoms with van der Waals surface area (Å²) in [6.07, 6.45) is 0. The Morgan fingerprint density at radius 3 is 1.57 bits per heavy atom. The van der Waals surface area contributed by atoms with Gasteiger partial charge in [0, 0.05) is 44.0 Å². The standard InChI is InChI=1S/C54H42N2.C2H6/c1-53(2)46-18-10-9-16-41(46)43-32-45-44-31-37(25-30-49(44)55-50(45)33-48(43)53)36-23-28-39(29-24-36)56(38-26-21-35(22-27-38)34-13-6-5-7-14-34)51-20-12-17-42-40-15-8-11-19-47(40)54(3,4)52(42)51;1-2/h5-33,55H,1-4H3;1-2H3. The summed E-state index contributed by atoms with van der Waals surface area (Å²) >= 11 is 0. The molecule has 2 nitrogen and oxygen atoms in total. The fraction of sp³-hybridized carbons (Fsp3) is 0.143. The van der Waals surface area contributed by atoms with Gasteiger partial charge in [-0.1, -0.05) is 163 Å². The first-order chi connectivity index (χ1) is 28.3. The second-order valence-corrected chi connectivity index (χ2v) is 16.7. The number of aromatic nitrogens is 1. The van der Waals surface area contributed by atoms with Crippen LogP contribution in [0.1, 0.15) is 63.8 Å². The fourth-order valence-electron chi connectivity index (χ4n) is 9.94. The molecular weight excluding hydrogens is 701 g/mol. The van der Waals surface area contributed by atoms with Crippen LogP contribution in [0.25, 0.3) is 66.3 Å². The molecule has 1 N–H and O–H groups in total. The molecule has 0 fully saturated rings. The number of H-pyrrole nitrogens is 1. The summed E-state index contributed by atoms with van der Waals surface area (Å²) in [5.74, 6) is 0. The lowest BCUT2D eigenvalue weighted by atomic mass is 9.81. The Bertz CT molecular complexity index is 3000. The Kier molecular flexibility index (Phi) is 8.32. The van der Waals surface area contributed by atoms with Gasteiger partial charge >= 0.3 is 0 Å². The normalized spacial score (nSPS) is 14.0. The molecule has 0 amide bonds. The summed E-state index contributed by atoms with van der Waals surface area (Å²) in [7, 11) is 0. The molecule has 8 aromatic carbocycles. The molecule has 0 saturated carbocycles. The van der Waals surface area contributed by atoms with Gasteiger partial charge in [-0.15, -0.1) is 0 Å². The van der Waals surface area contributed by atoms with Crippen LogP contribution in [-0.4, -0.2) is 4.98 Å². The number of hydrogen-bond donors (Lipinski definition) is 1. The largest absolute Gasteiger partial charge is 0.355 e. The van der Waals surface area contributed by atoms with Crippen molar-refractivity contribution in [3.05, 3.63) is 198 Å². The first-order valence-electron chi connectivity index (χ1n) is 20.8. The molecule has 0 unspecified atom stereocenters. The highest BCUT2D eigenvalue weighted by Gasteiger charge is 2.39. The van der Waals surface area contributed by atoms with Gasteiger partial charge in [0.05, 0.1) is 5.69 Å². The van der Waals surface area contributed by atoms with E-state index in [9.17, 15) is 0 Å². The van der Waals surface area contributed by atoms with E-state index in [1.54, 1.807) is 0 Å². The molecular formula is C56H48N2. The summed E-state index contributed by atoms with van der Waals surface area (Å²) in [6, 6.07) is 65.1. The number of aromatic amines is 1. The topological polar surface area (TPSA) is 19.0 Å². The van der Waals surface area contributed by atoms with E-state index < -0.39 is 0 Å². The Morgan fingerprint density at radius 2 is 0.897 bits per heavy atom. The number of hydrogen-bond acceptors (Lipinski definition) is 1. The van der Waals surface area contributed by atoms with E-state index in [-0.39, 0.29) is 10.8 Å². The maximum Gasteiger partial charge on any atom is 0.0508 e. The van der Waals surface area contributed by atoms with E-state index in [1.807, 2.05) is 13.8 Å².